The molecule has 26 heavy (non-hydrogen) atoms. The lowest BCUT2D eigenvalue weighted by Crippen LogP contribution is -2.48. The molecule has 0 radical (unpaired) electrons. The molecule has 0 unspecified atom stereocenters. The van der Waals surface area contributed by atoms with Crippen LogP contribution in [-0.2, 0) is 6.54 Å². The zero-order chi connectivity index (χ0) is 17.9. The summed E-state index contributed by atoms with van der Waals surface area (Å²) < 4.78 is 2.35. The van der Waals surface area contributed by atoms with Gasteiger partial charge >= 0.3 is 0 Å². The fourth-order valence-corrected chi connectivity index (χ4v) is 4.26. The predicted molar refractivity (Wildman–Crippen MR) is 106 cm³/mol. The van der Waals surface area contributed by atoms with E-state index < -0.39 is 0 Å². The monoisotopic (exact) mass is 384 g/mol. The minimum atomic E-state index is 0.0250. The standard InChI is InChI=1S/C19H20N4OS2/c24-18(17-13-20-19(25)23(17)15-5-2-1-3-6-15)22-10-8-21(9-11-22)14-16-7-4-12-26-16/h1-7,12-13H,8-11,14H2,(H,20,25). The summed E-state index contributed by atoms with van der Waals surface area (Å²) in [4.78, 5) is 21.8. The van der Waals surface area contributed by atoms with Crippen LogP contribution in [-0.4, -0.2) is 51.4 Å². The van der Waals surface area contributed by atoms with Gasteiger partial charge < -0.3 is 9.88 Å². The minimum Gasteiger partial charge on any atom is -0.336 e. The fraction of sp³-hybridized carbons (Fsp3) is 0.263. The van der Waals surface area contributed by atoms with Gasteiger partial charge in [-0.15, -0.1) is 11.3 Å². The van der Waals surface area contributed by atoms with Crippen molar-refractivity contribution in [1.29, 1.82) is 0 Å². The quantitative estimate of drug-likeness (QED) is 0.700. The van der Waals surface area contributed by atoms with E-state index in [2.05, 4.69) is 27.4 Å². The molecular formula is C19H20N4OS2. The van der Waals surface area contributed by atoms with E-state index in [-0.39, 0.29) is 5.91 Å². The highest BCUT2D eigenvalue weighted by molar-refractivity contribution is 7.71. The number of para-hydroxylation sites is 1. The second-order valence-electron chi connectivity index (χ2n) is 6.30. The number of hydrogen-bond donors (Lipinski definition) is 1. The van der Waals surface area contributed by atoms with Gasteiger partial charge in [-0.05, 0) is 35.8 Å². The highest BCUT2D eigenvalue weighted by Crippen LogP contribution is 2.17. The number of thiophene rings is 1. The normalized spacial score (nSPS) is 15.3. The van der Waals surface area contributed by atoms with E-state index >= 15 is 0 Å². The van der Waals surface area contributed by atoms with Crippen molar-refractivity contribution in [2.24, 2.45) is 0 Å². The van der Waals surface area contributed by atoms with E-state index in [1.54, 1.807) is 17.5 Å². The summed E-state index contributed by atoms with van der Waals surface area (Å²) in [5, 5.41) is 2.11. The molecule has 1 fully saturated rings. The number of rotatable bonds is 4. The zero-order valence-electron chi connectivity index (χ0n) is 14.3. The van der Waals surface area contributed by atoms with Crippen LogP contribution in [0.5, 0.6) is 0 Å². The number of H-pyrrole nitrogens is 1. The molecule has 0 saturated carbocycles. The Labute approximate surface area is 161 Å². The van der Waals surface area contributed by atoms with Gasteiger partial charge in [-0.2, -0.15) is 0 Å². The molecule has 4 rings (SSSR count). The Balaban J connectivity index is 1.47. The lowest BCUT2D eigenvalue weighted by Gasteiger charge is -2.34. The molecule has 1 aliphatic heterocycles. The summed E-state index contributed by atoms with van der Waals surface area (Å²) in [5.74, 6) is 0.0250. The summed E-state index contributed by atoms with van der Waals surface area (Å²) in [6.07, 6.45) is 1.72. The number of benzene rings is 1. The van der Waals surface area contributed by atoms with Gasteiger partial charge in [0.05, 0.1) is 0 Å². The number of imidazole rings is 1. The van der Waals surface area contributed by atoms with Gasteiger partial charge in [0.25, 0.3) is 5.91 Å². The molecule has 0 aliphatic carbocycles. The Morgan fingerprint density at radius 1 is 1.08 bits per heavy atom. The van der Waals surface area contributed by atoms with Crippen LogP contribution < -0.4 is 0 Å². The summed E-state index contributed by atoms with van der Waals surface area (Å²) in [6, 6.07) is 14.0. The smallest absolute Gasteiger partial charge is 0.272 e. The molecule has 1 amide bonds. The molecule has 1 saturated heterocycles. The van der Waals surface area contributed by atoms with Crippen molar-refractivity contribution in [1.82, 2.24) is 19.4 Å². The average molecular weight is 385 g/mol. The van der Waals surface area contributed by atoms with Crippen molar-refractivity contribution in [3.63, 3.8) is 0 Å². The highest BCUT2D eigenvalue weighted by Gasteiger charge is 2.25. The number of piperazine rings is 1. The van der Waals surface area contributed by atoms with Crippen molar-refractivity contribution >= 4 is 29.5 Å². The molecule has 3 aromatic rings. The maximum atomic E-state index is 13.1. The largest absolute Gasteiger partial charge is 0.336 e. The van der Waals surface area contributed by atoms with Crippen LogP contribution in [0.1, 0.15) is 15.4 Å². The first kappa shape index (κ1) is 17.2. The fourth-order valence-electron chi connectivity index (χ4n) is 3.25. The molecular weight excluding hydrogens is 364 g/mol. The molecule has 0 atom stereocenters. The van der Waals surface area contributed by atoms with Crippen molar-refractivity contribution in [2.75, 3.05) is 26.2 Å². The number of amides is 1. The first-order valence-corrected chi connectivity index (χ1v) is 9.91. The van der Waals surface area contributed by atoms with Gasteiger partial charge in [-0.1, -0.05) is 24.3 Å². The third-order valence-corrected chi connectivity index (χ3v) is 5.79. The molecule has 0 spiro atoms. The number of carbonyl (C=O) groups is 1. The maximum absolute atomic E-state index is 13.1. The van der Waals surface area contributed by atoms with Crippen LogP contribution in [0.4, 0.5) is 0 Å². The molecule has 1 N–H and O–H groups in total. The van der Waals surface area contributed by atoms with Gasteiger partial charge in [0.1, 0.15) is 5.69 Å². The third kappa shape index (κ3) is 3.51. The Morgan fingerprint density at radius 3 is 2.54 bits per heavy atom. The molecule has 5 nitrogen and oxygen atoms in total. The van der Waals surface area contributed by atoms with Crippen LogP contribution >= 0.6 is 23.6 Å². The summed E-state index contributed by atoms with van der Waals surface area (Å²) in [6.45, 7) is 4.21. The van der Waals surface area contributed by atoms with Crippen LogP contribution in [0.15, 0.2) is 54.0 Å². The molecule has 1 aromatic carbocycles. The molecule has 1 aliphatic rings. The van der Waals surface area contributed by atoms with E-state index in [1.807, 2.05) is 39.8 Å². The summed E-state index contributed by atoms with van der Waals surface area (Å²) in [7, 11) is 0. The first-order valence-electron chi connectivity index (χ1n) is 8.62. The molecule has 134 valence electrons. The van der Waals surface area contributed by atoms with Crippen LogP contribution in [0, 0.1) is 4.77 Å². The van der Waals surface area contributed by atoms with E-state index in [9.17, 15) is 4.79 Å². The molecule has 3 heterocycles. The third-order valence-electron chi connectivity index (χ3n) is 4.63. The molecule has 2 aromatic heterocycles. The van der Waals surface area contributed by atoms with Gasteiger partial charge in [-0.3, -0.25) is 14.3 Å². The van der Waals surface area contributed by atoms with Crippen LogP contribution in [0.25, 0.3) is 5.69 Å². The van der Waals surface area contributed by atoms with Crippen LogP contribution in [0.2, 0.25) is 0 Å². The Kier molecular flexibility index (Phi) is 5.01. The second kappa shape index (κ2) is 7.57. The van der Waals surface area contributed by atoms with Gasteiger partial charge in [0, 0.05) is 49.5 Å². The van der Waals surface area contributed by atoms with Gasteiger partial charge in [-0.25, -0.2) is 0 Å². The Bertz CT molecular complexity index is 922. The number of nitrogens with zero attached hydrogens (tertiary/aromatic N) is 3. The van der Waals surface area contributed by atoms with E-state index in [4.69, 9.17) is 12.2 Å². The van der Waals surface area contributed by atoms with Crippen LogP contribution in [0.3, 0.4) is 0 Å². The maximum Gasteiger partial charge on any atom is 0.272 e. The van der Waals surface area contributed by atoms with E-state index in [1.165, 1.54) is 4.88 Å². The van der Waals surface area contributed by atoms with E-state index in [0.717, 1.165) is 38.4 Å². The average Bonchev–Trinajstić information content (AvgIpc) is 3.32. The van der Waals surface area contributed by atoms with Gasteiger partial charge in [0.15, 0.2) is 4.77 Å². The van der Waals surface area contributed by atoms with Gasteiger partial charge in [0.2, 0.25) is 0 Å². The van der Waals surface area contributed by atoms with E-state index in [0.29, 0.717) is 10.5 Å². The summed E-state index contributed by atoms with van der Waals surface area (Å²) in [5.41, 5.74) is 1.49. The second-order valence-corrected chi connectivity index (χ2v) is 7.72. The van der Waals surface area contributed by atoms with Crippen molar-refractivity contribution in [2.45, 2.75) is 6.54 Å². The minimum absolute atomic E-state index is 0.0250. The predicted octanol–water partition coefficient (Wildman–Crippen LogP) is 3.55. The molecule has 7 heteroatoms. The molecule has 0 bridgehead atoms. The summed E-state index contributed by atoms with van der Waals surface area (Å²) >= 11 is 7.17. The topological polar surface area (TPSA) is 44.3 Å². The highest BCUT2D eigenvalue weighted by atomic mass is 32.1. The number of aromatic amines is 1. The zero-order valence-corrected chi connectivity index (χ0v) is 15.9. The van der Waals surface area contributed by atoms with Crippen molar-refractivity contribution < 1.29 is 4.79 Å². The van der Waals surface area contributed by atoms with Crippen molar-refractivity contribution in [3.8, 4) is 5.69 Å². The number of hydrogen-bond acceptors (Lipinski definition) is 4. The SMILES string of the molecule is O=C(c1c[nH]c(=S)n1-c1ccccc1)N1CCN(Cc2cccs2)CC1. The number of nitrogens with one attached hydrogen (secondary N) is 1. The van der Waals surface area contributed by atoms with Crippen molar-refractivity contribution in [3.05, 3.63) is 69.4 Å². The lowest BCUT2D eigenvalue weighted by molar-refractivity contribution is 0.0621. The lowest BCUT2D eigenvalue weighted by atomic mass is 10.2. The Morgan fingerprint density at radius 2 is 1.85 bits per heavy atom. The number of aromatic nitrogens is 2. The Hall–Kier alpha value is -2.22. The number of carbonyl (C=O) groups excluding carboxylic acids is 1. The first-order chi connectivity index (χ1) is 12.7.